The van der Waals surface area contributed by atoms with Gasteiger partial charge in [0, 0.05) is 25.6 Å². The summed E-state index contributed by atoms with van der Waals surface area (Å²) in [5, 5.41) is 8.52. The molecule has 0 saturated carbocycles. The van der Waals surface area contributed by atoms with E-state index in [2.05, 4.69) is 0 Å². The van der Waals surface area contributed by atoms with E-state index in [-0.39, 0.29) is 12.3 Å². The third-order valence-corrected chi connectivity index (χ3v) is 3.12. The van der Waals surface area contributed by atoms with Crippen molar-refractivity contribution >= 4 is 17.6 Å². The Morgan fingerprint density at radius 1 is 1.10 bits per heavy atom. The lowest BCUT2D eigenvalue weighted by Crippen LogP contribution is -2.25. The van der Waals surface area contributed by atoms with Gasteiger partial charge in [-0.3, -0.25) is 9.59 Å². The first-order chi connectivity index (χ1) is 9.54. The zero-order valence-corrected chi connectivity index (χ0v) is 12.0. The van der Waals surface area contributed by atoms with Gasteiger partial charge >= 0.3 is 5.97 Å². The van der Waals surface area contributed by atoms with Gasteiger partial charge in [0.25, 0.3) is 0 Å². The smallest absolute Gasteiger partial charge is 0.303 e. The van der Waals surface area contributed by atoms with Crippen LogP contribution >= 0.6 is 0 Å². The van der Waals surface area contributed by atoms with E-state index in [9.17, 15) is 9.59 Å². The molecule has 0 atom stereocenters. The van der Waals surface area contributed by atoms with Gasteiger partial charge in [0.2, 0.25) is 5.91 Å². The topological polar surface area (TPSA) is 66.8 Å². The Hall–Kier alpha value is -2.04. The molecule has 20 heavy (non-hydrogen) atoms. The number of rotatable bonds is 8. The minimum absolute atomic E-state index is 0.0329. The van der Waals surface area contributed by atoms with Crippen LogP contribution in [-0.4, -0.2) is 31.1 Å². The number of amides is 1. The van der Waals surface area contributed by atoms with Crippen LogP contribution in [0.25, 0.3) is 0 Å². The number of unbranched alkanes of at least 4 members (excludes halogenated alkanes) is 2. The maximum atomic E-state index is 12.0. The highest BCUT2D eigenvalue weighted by atomic mass is 16.5. The molecular formula is C15H21NO4. The molecular weight excluding hydrogens is 258 g/mol. The van der Waals surface area contributed by atoms with Crippen molar-refractivity contribution in [2.75, 3.05) is 19.1 Å². The van der Waals surface area contributed by atoms with Crippen LogP contribution < -0.4 is 9.64 Å². The van der Waals surface area contributed by atoms with Gasteiger partial charge in [0.1, 0.15) is 5.75 Å². The zero-order valence-electron chi connectivity index (χ0n) is 12.0. The normalized spacial score (nSPS) is 10.1. The van der Waals surface area contributed by atoms with E-state index in [1.165, 1.54) is 0 Å². The minimum Gasteiger partial charge on any atom is -0.497 e. The van der Waals surface area contributed by atoms with Crippen molar-refractivity contribution in [1.82, 2.24) is 0 Å². The number of aliphatic carboxylic acids is 1. The van der Waals surface area contributed by atoms with Crippen LogP contribution in [0.3, 0.4) is 0 Å². The predicted octanol–water partition coefficient (Wildman–Crippen LogP) is 2.69. The second kappa shape index (κ2) is 8.19. The van der Waals surface area contributed by atoms with Crippen LogP contribution in [0.4, 0.5) is 5.69 Å². The van der Waals surface area contributed by atoms with Crippen molar-refractivity contribution in [3.8, 4) is 5.75 Å². The molecule has 0 aliphatic rings. The molecule has 1 amide bonds. The fraction of sp³-hybridized carbons (Fsp3) is 0.467. The van der Waals surface area contributed by atoms with Gasteiger partial charge in [-0.1, -0.05) is 6.42 Å². The van der Waals surface area contributed by atoms with E-state index < -0.39 is 5.97 Å². The molecule has 1 rings (SSSR count). The van der Waals surface area contributed by atoms with Gasteiger partial charge in [0.05, 0.1) is 7.11 Å². The predicted molar refractivity (Wildman–Crippen MR) is 77.1 cm³/mol. The lowest BCUT2D eigenvalue weighted by Gasteiger charge is -2.17. The van der Waals surface area contributed by atoms with Crippen LogP contribution in [-0.2, 0) is 9.59 Å². The zero-order chi connectivity index (χ0) is 15.0. The molecule has 1 aromatic rings. The molecule has 0 aromatic heterocycles. The lowest BCUT2D eigenvalue weighted by molar-refractivity contribution is -0.137. The Labute approximate surface area is 119 Å². The van der Waals surface area contributed by atoms with Gasteiger partial charge in [0.15, 0.2) is 0 Å². The van der Waals surface area contributed by atoms with Crippen LogP contribution in [0.1, 0.15) is 32.1 Å². The summed E-state index contributed by atoms with van der Waals surface area (Å²) in [5.74, 6) is 0.000406. The van der Waals surface area contributed by atoms with Gasteiger partial charge in [-0.05, 0) is 37.1 Å². The average Bonchev–Trinajstić information content (AvgIpc) is 2.45. The molecule has 0 radical (unpaired) electrons. The van der Waals surface area contributed by atoms with Crippen molar-refractivity contribution in [1.29, 1.82) is 0 Å². The van der Waals surface area contributed by atoms with Gasteiger partial charge in [-0.2, -0.15) is 0 Å². The monoisotopic (exact) mass is 279 g/mol. The summed E-state index contributed by atoms with van der Waals surface area (Å²) < 4.78 is 5.07. The van der Waals surface area contributed by atoms with Crippen LogP contribution in [0.2, 0.25) is 0 Å². The number of carboxylic acids is 1. The van der Waals surface area contributed by atoms with E-state index in [4.69, 9.17) is 9.84 Å². The summed E-state index contributed by atoms with van der Waals surface area (Å²) in [6, 6.07) is 7.29. The van der Waals surface area contributed by atoms with Gasteiger partial charge in [-0.25, -0.2) is 0 Å². The summed E-state index contributed by atoms with van der Waals surface area (Å²) in [4.78, 5) is 23.9. The molecule has 1 N–H and O–H groups in total. The molecule has 0 heterocycles. The lowest BCUT2D eigenvalue weighted by atomic mass is 10.1. The molecule has 5 nitrogen and oxygen atoms in total. The Bertz CT molecular complexity index is 442. The Kier molecular flexibility index (Phi) is 6.56. The summed E-state index contributed by atoms with van der Waals surface area (Å²) in [6.07, 6.45) is 2.70. The largest absolute Gasteiger partial charge is 0.497 e. The van der Waals surface area contributed by atoms with Crippen molar-refractivity contribution in [2.45, 2.75) is 32.1 Å². The Morgan fingerprint density at radius 2 is 1.70 bits per heavy atom. The molecule has 0 spiro atoms. The third kappa shape index (κ3) is 5.30. The number of carbonyl (C=O) groups is 2. The molecule has 0 saturated heterocycles. The molecule has 0 aliphatic carbocycles. The third-order valence-electron chi connectivity index (χ3n) is 3.12. The summed E-state index contributed by atoms with van der Waals surface area (Å²) in [6.45, 7) is 0. The second-order valence-electron chi connectivity index (χ2n) is 4.61. The minimum atomic E-state index is -0.785. The van der Waals surface area contributed by atoms with E-state index in [0.717, 1.165) is 17.9 Å². The van der Waals surface area contributed by atoms with E-state index >= 15 is 0 Å². The van der Waals surface area contributed by atoms with Crippen LogP contribution in [0.15, 0.2) is 24.3 Å². The molecule has 0 aliphatic heterocycles. The molecule has 110 valence electrons. The molecule has 5 heteroatoms. The van der Waals surface area contributed by atoms with Gasteiger partial charge < -0.3 is 14.7 Å². The Morgan fingerprint density at radius 3 is 2.25 bits per heavy atom. The maximum absolute atomic E-state index is 12.0. The highest BCUT2D eigenvalue weighted by Crippen LogP contribution is 2.19. The number of carbonyl (C=O) groups excluding carboxylic acids is 1. The SMILES string of the molecule is COc1ccc(N(C)C(=O)CCCCCC(=O)O)cc1. The number of anilines is 1. The Balaban J connectivity index is 2.36. The molecule has 0 fully saturated rings. The number of carboxylic acid groups (broad SMARTS) is 1. The van der Waals surface area contributed by atoms with Crippen LogP contribution in [0.5, 0.6) is 5.75 Å². The summed E-state index contributed by atoms with van der Waals surface area (Å²) in [7, 11) is 3.34. The summed E-state index contributed by atoms with van der Waals surface area (Å²) in [5.41, 5.74) is 0.821. The first-order valence-corrected chi connectivity index (χ1v) is 6.67. The van der Waals surface area contributed by atoms with E-state index in [1.807, 2.05) is 24.3 Å². The summed E-state index contributed by atoms with van der Waals surface area (Å²) >= 11 is 0. The number of ether oxygens (including phenoxy) is 1. The van der Waals surface area contributed by atoms with Gasteiger partial charge in [-0.15, -0.1) is 0 Å². The van der Waals surface area contributed by atoms with E-state index in [1.54, 1.807) is 19.1 Å². The average molecular weight is 279 g/mol. The second-order valence-corrected chi connectivity index (χ2v) is 4.61. The van der Waals surface area contributed by atoms with Crippen molar-refractivity contribution in [2.24, 2.45) is 0 Å². The number of hydrogen-bond donors (Lipinski definition) is 1. The van der Waals surface area contributed by atoms with Crippen LogP contribution in [0, 0.1) is 0 Å². The fourth-order valence-electron chi connectivity index (χ4n) is 1.85. The quantitative estimate of drug-likeness (QED) is 0.743. The standard InChI is InChI=1S/C15H21NO4/c1-16(12-8-10-13(20-2)11-9-12)14(17)6-4-3-5-7-15(18)19/h8-11H,3-7H2,1-2H3,(H,18,19). The molecule has 0 bridgehead atoms. The number of methoxy groups -OCH3 is 1. The number of hydrogen-bond acceptors (Lipinski definition) is 3. The highest BCUT2D eigenvalue weighted by molar-refractivity contribution is 5.92. The molecule has 1 aromatic carbocycles. The fourth-order valence-corrected chi connectivity index (χ4v) is 1.85. The highest BCUT2D eigenvalue weighted by Gasteiger charge is 2.10. The first-order valence-electron chi connectivity index (χ1n) is 6.67. The number of nitrogens with zero attached hydrogens (tertiary/aromatic N) is 1. The van der Waals surface area contributed by atoms with E-state index in [0.29, 0.717) is 19.3 Å². The number of benzene rings is 1. The van der Waals surface area contributed by atoms with Crippen molar-refractivity contribution in [3.05, 3.63) is 24.3 Å². The molecule has 0 unspecified atom stereocenters. The maximum Gasteiger partial charge on any atom is 0.303 e. The van der Waals surface area contributed by atoms with Crippen molar-refractivity contribution < 1.29 is 19.4 Å². The first kappa shape index (κ1) is 16.0. The van der Waals surface area contributed by atoms with Crippen molar-refractivity contribution in [3.63, 3.8) is 0 Å².